The number of fused-ring (bicyclic) bond motifs is 1. The van der Waals surface area contributed by atoms with E-state index >= 15 is 0 Å². The first-order chi connectivity index (χ1) is 14.9. The molecule has 0 unspecified atom stereocenters. The van der Waals surface area contributed by atoms with Crippen molar-refractivity contribution in [3.05, 3.63) is 88.0 Å². The molecule has 0 atom stereocenters. The highest BCUT2D eigenvalue weighted by molar-refractivity contribution is 9.10. The molecule has 1 heterocycles. The second-order valence-electron chi connectivity index (χ2n) is 6.86. The highest BCUT2D eigenvalue weighted by Crippen LogP contribution is 2.24. The number of rotatable bonds is 5. The Kier molecular flexibility index (Phi) is 5.64. The Morgan fingerprint density at radius 1 is 1.00 bits per heavy atom. The number of anilines is 3. The molecule has 0 spiro atoms. The fourth-order valence-electron chi connectivity index (χ4n) is 3.05. The van der Waals surface area contributed by atoms with Crippen LogP contribution in [0.15, 0.2) is 71.3 Å². The molecule has 0 aliphatic carbocycles. The van der Waals surface area contributed by atoms with Crippen molar-refractivity contribution < 1.29 is 14.7 Å². The van der Waals surface area contributed by atoms with Crippen molar-refractivity contribution in [2.75, 3.05) is 10.6 Å². The van der Waals surface area contributed by atoms with Crippen LogP contribution in [-0.2, 0) is 0 Å². The van der Waals surface area contributed by atoms with Crippen LogP contribution in [0.2, 0.25) is 0 Å². The van der Waals surface area contributed by atoms with Gasteiger partial charge in [-0.1, -0.05) is 18.2 Å². The fraction of sp³-hybridized carbons (Fsp3) is 0.0435. The molecule has 1 amide bonds. The van der Waals surface area contributed by atoms with Gasteiger partial charge in [0.15, 0.2) is 0 Å². The average Bonchev–Trinajstić information content (AvgIpc) is 2.76. The zero-order valence-corrected chi connectivity index (χ0v) is 18.0. The van der Waals surface area contributed by atoms with Crippen molar-refractivity contribution in [2.24, 2.45) is 0 Å². The molecule has 154 valence electrons. The number of carboxylic acid groups (broad SMARTS) is 1. The van der Waals surface area contributed by atoms with Crippen LogP contribution in [0, 0.1) is 6.92 Å². The van der Waals surface area contributed by atoms with Crippen LogP contribution in [0.3, 0.4) is 0 Å². The number of amides is 1. The third kappa shape index (κ3) is 4.54. The summed E-state index contributed by atoms with van der Waals surface area (Å²) in [6, 6.07) is 17.2. The number of aromatic nitrogens is 2. The van der Waals surface area contributed by atoms with Gasteiger partial charge in [-0.25, -0.2) is 14.8 Å². The minimum Gasteiger partial charge on any atom is -0.478 e. The summed E-state index contributed by atoms with van der Waals surface area (Å²) in [6.07, 6.45) is 1.73. The Balaban J connectivity index is 1.56. The first kappa shape index (κ1) is 20.5. The van der Waals surface area contributed by atoms with Gasteiger partial charge >= 0.3 is 5.97 Å². The summed E-state index contributed by atoms with van der Waals surface area (Å²) in [7, 11) is 0. The largest absolute Gasteiger partial charge is 0.478 e. The standard InChI is InChI=1S/C23H17BrN4O3/c1-13-5-8-17(27-23-25-12-15-3-2-4-19(24)20(15)28-23)11-18(13)21(29)26-16-9-6-14(7-10-16)22(30)31/h2-12H,1H3,(H,26,29)(H,30,31)(H,25,27,28). The van der Waals surface area contributed by atoms with E-state index in [4.69, 9.17) is 5.11 Å². The summed E-state index contributed by atoms with van der Waals surface area (Å²) in [6.45, 7) is 1.84. The fourth-order valence-corrected chi connectivity index (χ4v) is 3.52. The Morgan fingerprint density at radius 3 is 2.48 bits per heavy atom. The topological polar surface area (TPSA) is 104 Å². The normalized spacial score (nSPS) is 10.6. The van der Waals surface area contributed by atoms with E-state index in [1.54, 1.807) is 24.4 Å². The number of para-hydroxylation sites is 1. The third-order valence-electron chi connectivity index (χ3n) is 4.69. The zero-order valence-electron chi connectivity index (χ0n) is 16.4. The smallest absolute Gasteiger partial charge is 0.335 e. The van der Waals surface area contributed by atoms with Crippen LogP contribution >= 0.6 is 15.9 Å². The van der Waals surface area contributed by atoms with Crippen molar-refractivity contribution in [3.8, 4) is 0 Å². The lowest BCUT2D eigenvalue weighted by Gasteiger charge is -2.11. The number of halogens is 1. The minimum absolute atomic E-state index is 0.155. The maximum Gasteiger partial charge on any atom is 0.335 e. The molecule has 8 heteroatoms. The minimum atomic E-state index is -1.02. The van der Waals surface area contributed by atoms with Crippen LogP contribution in [0.1, 0.15) is 26.3 Å². The summed E-state index contributed by atoms with van der Waals surface area (Å²) in [5, 5.41) is 15.8. The first-order valence-corrected chi connectivity index (χ1v) is 10.1. The van der Waals surface area contributed by atoms with Crippen molar-refractivity contribution in [1.82, 2.24) is 9.97 Å². The molecule has 0 aliphatic rings. The molecule has 0 saturated heterocycles. The summed E-state index contributed by atoms with van der Waals surface area (Å²) in [5.41, 5.74) is 3.40. The van der Waals surface area contributed by atoms with Gasteiger partial charge in [-0.3, -0.25) is 4.79 Å². The molecule has 4 aromatic rings. The van der Waals surface area contributed by atoms with Gasteiger partial charge in [0.05, 0.1) is 11.1 Å². The summed E-state index contributed by atoms with van der Waals surface area (Å²) < 4.78 is 0.869. The van der Waals surface area contributed by atoms with E-state index in [1.165, 1.54) is 12.1 Å². The molecule has 0 aliphatic heterocycles. The lowest BCUT2D eigenvalue weighted by atomic mass is 10.1. The number of hydrogen-bond acceptors (Lipinski definition) is 5. The van der Waals surface area contributed by atoms with Crippen molar-refractivity contribution >= 4 is 56.0 Å². The predicted molar refractivity (Wildman–Crippen MR) is 123 cm³/mol. The van der Waals surface area contributed by atoms with E-state index in [0.717, 1.165) is 20.9 Å². The van der Waals surface area contributed by atoms with Crippen LogP contribution in [0.5, 0.6) is 0 Å². The van der Waals surface area contributed by atoms with Crippen LogP contribution in [-0.4, -0.2) is 27.0 Å². The number of carbonyl (C=O) groups is 2. The molecule has 3 N–H and O–H groups in total. The molecule has 7 nitrogen and oxygen atoms in total. The van der Waals surface area contributed by atoms with Gasteiger partial charge in [0.1, 0.15) is 0 Å². The van der Waals surface area contributed by atoms with Gasteiger partial charge in [-0.05, 0) is 70.9 Å². The first-order valence-electron chi connectivity index (χ1n) is 9.34. The van der Waals surface area contributed by atoms with Crippen molar-refractivity contribution in [1.29, 1.82) is 0 Å². The SMILES string of the molecule is Cc1ccc(Nc2ncc3cccc(Br)c3n2)cc1C(=O)Nc1ccc(C(=O)O)cc1. The summed E-state index contributed by atoms with van der Waals surface area (Å²) >= 11 is 3.50. The number of nitrogens with one attached hydrogen (secondary N) is 2. The van der Waals surface area contributed by atoms with Gasteiger partial charge in [0, 0.05) is 33.0 Å². The maximum atomic E-state index is 12.8. The Hall–Kier alpha value is -3.78. The lowest BCUT2D eigenvalue weighted by molar-refractivity contribution is 0.0696. The third-order valence-corrected chi connectivity index (χ3v) is 5.33. The number of carbonyl (C=O) groups excluding carboxylic acids is 1. The van der Waals surface area contributed by atoms with Gasteiger partial charge < -0.3 is 15.7 Å². The Labute approximate surface area is 186 Å². The van der Waals surface area contributed by atoms with Crippen molar-refractivity contribution in [2.45, 2.75) is 6.92 Å². The highest BCUT2D eigenvalue weighted by atomic mass is 79.9. The maximum absolute atomic E-state index is 12.8. The lowest BCUT2D eigenvalue weighted by Crippen LogP contribution is -2.14. The molecule has 1 aromatic heterocycles. The number of hydrogen-bond donors (Lipinski definition) is 3. The monoisotopic (exact) mass is 476 g/mol. The molecule has 31 heavy (non-hydrogen) atoms. The predicted octanol–water partition coefficient (Wildman–Crippen LogP) is 5.39. The number of aryl methyl sites for hydroxylation is 1. The molecule has 0 saturated carbocycles. The van der Waals surface area contributed by atoms with E-state index in [9.17, 15) is 9.59 Å². The summed E-state index contributed by atoms with van der Waals surface area (Å²) in [4.78, 5) is 32.6. The van der Waals surface area contributed by atoms with Crippen molar-refractivity contribution in [3.63, 3.8) is 0 Å². The zero-order chi connectivity index (χ0) is 22.0. The quantitative estimate of drug-likeness (QED) is 0.356. The Morgan fingerprint density at radius 2 is 1.74 bits per heavy atom. The van der Waals surface area contributed by atoms with E-state index in [0.29, 0.717) is 22.9 Å². The number of nitrogens with zero attached hydrogens (tertiary/aromatic N) is 2. The number of benzene rings is 3. The van der Waals surface area contributed by atoms with E-state index < -0.39 is 5.97 Å². The molecule has 0 fully saturated rings. The van der Waals surface area contributed by atoms with E-state index in [-0.39, 0.29) is 11.5 Å². The molecular formula is C23H17BrN4O3. The van der Waals surface area contributed by atoms with Gasteiger partial charge in [-0.2, -0.15) is 0 Å². The number of carboxylic acids is 1. The van der Waals surface area contributed by atoms with E-state index in [2.05, 4.69) is 36.5 Å². The second kappa shape index (κ2) is 8.53. The molecule has 0 bridgehead atoms. The molecular weight excluding hydrogens is 460 g/mol. The summed E-state index contributed by atoms with van der Waals surface area (Å²) in [5.74, 6) is -0.902. The van der Waals surface area contributed by atoms with Gasteiger partial charge in [0.2, 0.25) is 5.95 Å². The van der Waals surface area contributed by atoms with Gasteiger partial charge in [-0.15, -0.1) is 0 Å². The Bertz CT molecular complexity index is 1310. The molecule has 4 rings (SSSR count). The van der Waals surface area contributed by atoms with Gasteiger partial charge in [0.25, 0.3) is 5.91 Å². The van der Waals surface area contributed by atoms with Crippen LogP contribution < -0.4 is 10.6 Å². The van der Waals surface area contributed by atoms with Crippen LogP contribution in [0.4, 0.5) is 17.3 Å². The highest BCUT2D eigenvalue weighted by Gasteiger charge is 2.12. The average molecular weight is 477 g/mol. The second-order valence-corrected chi connectivity index (χ2v) is 7.72. The molecule has 0 radical (unpaired) electrons. The van der Waals surface area contributed by atoms with Crippen LogP contribution in [0.25, 0.3) is 10.9 Å². The van der Waals surface area contributed by atoms with E-state index in [1.807, 2.05) is 37.3 Å². The molecule has 3 aromatic carbocycles. The number of aromatic carboxylic acids is 1.